The highest BCUT2D eigenvalue weighted by Crippen LogP contribution is 2.33. The van der Waals surface area contributed by atoms with E-state index < -0.39 is 25.1 Å². The first kappa shape index (κ1) is 9.61. The maximum Gasteiger partial charge on any atom is 0.340 e. The average Bonchev–Trinajstić information content (AvgIpc) is 1.88. The maximum atomic E-state index is 11.6. The highest BCUT2D eigenvalue weighted by molar-refractivity contribution is 4.82. The number of alkyl halides is 5. The Morgan fingerprint density at radius 3 is 1.50 bits per heavy atom. The molecule has 10 heavy (non-hydrogen) atoms. The SMILES string of the molecule is [O]CC(F)(F)C(F)(F)CF. The van der Waals surface area contributed by atoms with E-state index in [0.717, 1.165) is 0 Å². The molecule has 0 N–H and O–H groups in total. The fourth-order valence-electron chi connectivity index (χ4n) is 0.203. The monoisotopic (exact) mass is 163 g/mol. The zero-order valence-corrected chi connectivity index (χ0v) is 4.71. The second-order valence-corrected chi connectivity index (χ2v) is 1.69. The van der Waals surface area contributed by atoms with Crippen molar-refractivity contribution in [2.24, 2.45) is 0 Å². The first-order valence-electron chi connectivity index (χ1n) is 2.27. The van der Waals surface area contributed by atoms with Gasteiger partial charge in [0.05, 0.1) is 0 Å². The molecule has 0 bridgehead atoms. The summed E-state index contributed by atoms with van der Waals surface area (Å²) in [6.45, 7) is -4.81. The molecule has 0 atom stereocenters. The van der Waals surface area contributed by atoms with Gasteiger partial charge in [0.15, 0.2) is 13.3 Å². The molecule has 0 spiro atoms. The van der Waals surface area contributed by atoms with Crippen molar-refractivity contribution < 1.29 is 27.1 Å². The summed E-state index contributed by atoms with van der Waals surface area (Å²) in [6.07, 6.45) is 0. The van der Waals surface area contributed by atoms with E-state index in [-0.39, 0.29) is 0 Å². The molecule has 0 heterocycles. The van der Waals surface area contributed by atoms with Crippen LogP contribution in [0.25, 0.3) is 0 Å². The van der Waals surface area contributed by atoms with E-state index >= 15 is 0 Å². The van der Waals surface area contributed by atoms with Crippen molar-refractivity contribution in [1.29, 1.82) is 0 Å². The molecule has 1 radical (unpaired) electrons. The van der Waals surface area contributed by atoms with Crippen LogP contribution >= 0.6 is 0 Å². The molecule has 0 aromatic rings. The fraction of sp³-hybridized carbons (Fsp3) is 1.00. The molecule has 0 fully saturated rings. The smallest absolute Gasteiger partial charge is 0.244 e. The third kappa shape index (κ3) is 1.56. The van der Waals surface area contributed by atoms with E-state index in [9.17, 15) is 27.1 Å². The van der Waals surface area contributed by atoms with Crippen LogP contribution in [-0.4, -0.2) is 25.1 Å². The molecule has 0 aliphatic rings. The second kappa shape index (κ2) is 2.69. The first-order valence-corrected chi connectivity index (χ1v) is 2.27. The van der Waals surface area contributed by atoms with Gasteiger partial charge in [0, 0.05) is 0 Å². The fourth-order valence-corrected chi connectivity index (χ4v) is 0.203. The lowest BCUT2D eigenvalue weighted by molar-refractivity contribution is -0.238. The van der Waals surface area contributed by atoms with E-state index in [2.05, 4.69) is 0 Å². The summed E-state index contributed by atoms with van der Waals surface area (Å²) in [4.78, 5) is 0. The Morgan fingerprint density at radius 2 is 1.40 bits per heavy atom. The molecule has 0 saturated carbocycles. The minimum absolute atomic E-state index is 2.30. The second-order valence-electron chi connectivity index (χ2n) is 1.69. The highest BCUT2D eigenvalue weighted by Gasteiger charge is 2.56. The predicted octanol–water partition coefficient (Wildman–Crippen LogP) is 1.66. The van der Waals surface area contributed by atoms with Gasteiger partial charge in [0.25, 0.3) is 0 Å². The van der Waals surface area contributed by atoms with Crippen molar-refractivity contribution in [2.45, 2.75) is 11.8 Å². The van der Waals surface area contributed by atoms with Crippen LogP contribution in [0.2, 0.25) is 0 Å². The predicted molar refractivity (Wildman–Crippen MR) is 21.4 cm³/mol. The number of hydrogen-bond acceptors (Lipinski definition) is 0. The van der Waals surface area contributed by atoms with Crippen molar-refractivity contribution in [2.75, 3.05) is 13.3 Å². The molecule has 1 nitrogen and oxygen atoms in total. The summed E-state index contributed by atoms with van der Waals surface area (Å²) in [6, 6.07) is 0. The van der Waals surface area contributed by atoms with E-state index in [4.69, 9.17) is 0 Å². The summed E-state index contributed by atoms with van der Waals surface area (Å²) in [5.41, 5.74) is 0. The van der Waals surface area contributed by atoms with Crippen molar-refractivity contribution in [3.63, 3.8) is 0 Å². The van der Waals surface area contributed by atoms with Gasteiger partial charge in [-0.1, -0.05) is 0 Å². The minimum atomic E-state index is -4.82. The van der Waals surface area contributed by atoms with E-state index in [1.807, 2.05) is 0 Å². The maximum absolute atomic E-state index is 11.6. The summed E-state index contributed by atoms with van der Waals surface area (Å²) >= 11 is 0. The Hall–Kier alpha value is -0.390. The van der Waals surface area contributed by atoms with Crippen LogP contribution in [0.4, 0.5) is 22.0 Å². The molecule has 0 amide bonds. The largest absolute Gasteiger partial charge is 0.340 e. The Morgan fingerprint density at radius 1 is 1.00 bits per heavy atom. The van der Waals surface area contributed by atoms with E-state index in [1.54, 1.807) is 0 Å². The van der Waals surface area contributed by atoms with Gasteiger partial charge in [-0.05, 0) is 0 Å². The Labute approximate surface area is 53.5 Å². The normalized spacial score (nSPS) is 13.8. The highest BCUT2D eigenvalue weighted by atomic mass is 19.3. The molecule has 0 unspecified atom stereocenters. The Bertz CT molecular complexity index is 98.2. The van der Waals surface area contributed by atoms with Crippen molar-refractivity contribution in [3.8, 4) is 0 Å². The molecule has 0 aromatic carbocycles. The third-order valence-electron chi connectivity index (χ3n) is 0.884. The summed E-state index contributed by atoms with van der Waals surface area (Å²) in [5, 5.41) is 9.36. The summed E-state index contributed by atoms with van der Waals surface area (Å²) in [7, 11) is 0. The van der Waals surface area contributed by atoms with Crippen LogP contribution in [-0.2, 0) is 5.11 Å². The average molecular weight is 163 g/mol. The van der Waals surface area contributed by atoms with Crippen molar-refractivity contribution in [1.82, 2.24) is 0 Å². The molecule has 0 aliphatic heterocycles. The van der Waals surface area contributed by atoms with Gasteiger partial charge in [-0.15, -0.1) is 0 Å². The van der Waals surface area contributed by atoms with Crippen LogP contribution in [0.5, 0.6) is 0 Å². The number of rotatable bonds is 3. The van der Waals surface area contributed by atoms with Crippen LogP contribution in [0, 0.1) is 0 Å². The summed E-state index contributed by atoms with van der Waals surface area (Å²) < 4.78 is 57.6. The van der Waals surface area contributed by atoms with E-state index in [1.165, 1.54) is 0 Å². The molecule has 0 saturated heterocycles. The van der Waals surface area contributed by atoms with Crippen LogP contribution < -0.4 is 0 Å². The quantitative estimate of drug-likeness (QED) is 0.564. The van der Waals surface area contributed by atoms with Gasteiger partial charge in [0.1, 0.15) is 0 Å². The summed E-state index contributed by atoms with van der Waals surface area (Å²) in [5.74, 6) is -9.60. The van der Waals surface area contributed by atoms with E-state index in [0.29, 0.717) is 0 Å². The van der Waals surface area contributed by atoms with Gasteiger partial charge in [-0.25, -0.2) is 9.50 Å². The van der Waals surface area contributed by atoms with Crippen LogP contribution in [0.3, 0.4) is 0 Å². The van der Waals surface area contributed by atoms with Gasteiger partial charge >= 0.3 is 11.8 Å². The molecular weight excluding hydrogens is 159 g/mol. The third-order valence-corrected chi connectivity index (χ3v) is 0.884. The van der Waals surface area contributed by atoms with Gasteiger partial charge in [-0.2, -0.15) is 17.6 Å². The van der Waals surface area contributed by atoms with Crippen molar-refractivity contribution in [3.05, 3.63) is 0 Å². The molecular formula is C4H4F5O. The van der Waals surface area contributed by atoms with Crippen LogP contribution in [0.15, 0.2) is 0 Å². The Balaban J connectivity index is 4.28. The lowest BCUT2D eigenvalue weighted by Crippen LogP contribution is -2.44. The van der Waals surface area contributed by atoms with Crippen LogP contribution in [0.1, 0.15) is 0 Å². The van der Waals surface area contributed by atoms with Gasteiger partial charge in [-0.3, -0.25) is 0 Å². The zero-order valence-electron chi connectivity index (χ0n) is 4.71. The molecule has 0 aliphatic carbocycles. The molecule has 6 heteroatoms. The van der Waals surface area contributed by atoms with Gasteiger partial charge in [0.2, 0.25) is 0 Å². The number of halogens is 5. The molecule has 0 rings (SSSR count). The minimum Gasteiger partial charge on any atom is -0.244 e. The lowest BCUT2D eigenvalue weighted by Gasteiger charge is -2.20. The molecule has 61 valence electrons. The standard InChI is InChI=1S/C4H4F5O/c5-1-3(6,7)4(8,9)2-10/h1-2H2. The number of hydrogen-bond donors (Lipinski definition) is 0. The molecule has 0 aromatic heterocycles. The topological polar surface area (TPSA) is 19.9 Å². The zero-order chi connectivity index (χ0) is 8.41. The van der Waals surface area contributed by atoms with Crippen molar-refractivity contribution >= 4 is 0 Å². The van der Waals surface area contributed by atoms with Gasteiger partial charge < -0.3 is 0 Å². The Kier molecular flexibility index (Phi) is 2.59. The lowest BCUT2D eigenvalue weighted by atomic mass is 10.2. The first-order chi connectivity index (χ1) is 4.37.